The first-order valence-corrected chi connectivity index (χ1v) is 5.89. The molecule has 0 saturated carbocycles. The summed E-state index contributed by atoms with van der Waals surface area (Å²) < 4.78 is 10.2. The fourth-order valence-electron chi connectivity index (χ4n) is 1.65. The Morgan fingerprint density at radius 2 is 1.75 bits per heavy atom. The molecule has 2 rings (SSSR count). The molecule has 2 aromatic rings. The number of rotatable bonds is 4. The summed E-state index contributed by atoms with van der Waals surface area (Å²) in [4.78, 5) is 10.3. The molecule has 102 valence electrons. The molecule has 6 nitrogen and oxygen atoms in total. The van der Waals surface area contributed by atoms with Crippen molar-refractivity contribution < 1.29 is 9.47 Å². The second kappa shape index (κ2) is 5.89. The van der Waals surface area contributed by atoms with Crippen molar-refractivity contribution in [2.24, 2.45) is 0 Å². The van der Waals surface area contributed by atoms with Crippen molar-refractivity contribution in [3.05, 3.63) is 35.9 Å². The third-order valence-corrected chi connectivity index (χ3v) is 2.75. The van der Waals surface area contributed by atoms with E-state index >= 15 is 0 Å². The van der Waals surface area contributed by atoms with Gasteiger partial charge in [0, 0.05) is 12.7 Å². The van der Waals surface area contributed by atoms with E-state index in [4.69, 9.17) is 14.7 Å². The first kappa shape index (κ1) is 13.6. The van der Waals surface area contributed by atoms with Gasteiger partial charge in [-0.1, -0.05) is 6.07 Å². The molecule has 0 saturated heterocycles. The molecule has 0 amide bonds. The van der Waals surface area contributed by atoms with E-state index in [2.05, 4.69) is 16.0 Å². The van der Waals surface area contributed by atoms with Gasteiger partial charge in [0.1, 0.15) is 0 Å². The van der Waals surface area contributed by atoms with Crippen molar-refractivity contribution in [1.82, 2.24) is 9.97 Å². The molecule has 0 radical (unpaired) electrons. The molecule has 0 spiro atoms. The maximum Gasteiger partial charge on any atom is 0.236 e. The zero-order chi connectivity index (χ0) is 14.5. The van der Waals surface area contributed by atoms with Crippen LogP contribution >= 0.6 is 0 Å². The highest BCUT2D eigenvalue weighted by molar-refractivity contribution is 5.59. The Kier molecular flexibility index (Phi) is 4.01. The average molecular weight is 270 g/mol. The van der Waals surface area contributed by atoms with Crippen LogP contribution in [-0.4, -0.2) is 31.2 Å². The highest BCUT2D eigenvalue weighted by Crippen LogP contribution is 2.25. The molecule has 0 fully saturated rings. The monoisotopic (exact) mass is 270 g/mol. The molecule has 0 atom stereocenters. The summed E-state index contributed by atoms with van der Waals surface area (Å²) in [7, 11) is 4.87. The summed E-state index contributed by atoms with van der Waals surface area (Å²) in [6.45, 7) is 0. The maximum atomic E-state index is 8.94. The van der Waals surface area contributed by atoms with Gasteiger partial charge in [-0.05, 0) is 18.2 Å². The number of anilines is 2. The van der Waals surface area contributed by atoms with E-state index in [0.29, 0.717) is 23.3 Å². The molecule has 1 aromatic heterocycles. The van der Waals surface area contributed by atoms with Crippen molar-refractivity contribution in [2.45, 2.75) is 0 Å². The predicted molar refractivity (Wildman–Crippen MR) is 74.4 cm³/mol. The van der Waals surface area contributed by atoms with Gasteiger partial charge < -0.3 is 14.4 Å². The SMILES string of the molecule is COc1cc(OC)nc(N(C)c2cccc(C#N)c2)n1. The standard InChI is InChI=1S/C14H14N4O2/c1-18(11-6-4-5-10(7-11)9-15)14-16-12(19-2)8-13(17-14)20-3/h4-8H,1-3H3. The quantitative estimate of drug-likeness (QED) is 0.847. The first-order chi connectivity index (χ1) is 9.67. The Bertz CT molecular complexity index is 630. The molecular formula is C14H14N4O2. The number of benzene rings is 1. The summed E-state index contributed by atoms with van der Waals surface area (Å²) in [5.41, 5.74) is 1.38. The summed E-state index contributed by atoms with van der Waals surface area (Å²) in [5, 5.41) is 8.94. The van der Waals surface area contributed by atoms with Crippen LogP contribution in [0.25, 0.3) is 0 Å². The molecule has 0 aliphatic heterocycles. The van der Waals surface area contributed by atoms with Gasteiger partial charge in [-0.2, -0.15) is 15.2 Å². The average Bonchev–Trinajstić information content (AvgIpc) is 2.53. The summed E-state index contributed by atoms with van der Waals surface area (Å²) in [6, 6.07) is 10.9. The molecule has 1 aromatic carbocycles. The smallest absolute Gasteiger partial charge is 0.236 e. The Labute approximate surface area is 117 Å². The van der Waals surface area contributed by atoms with Gasteiger partial charge in [0.25, 0.3) is 0 Å². The van der Waals surface area contributed by atoms with E-state index in [1.807, 2.05) is 19.2 Å². The number of nitrogens with zero attached hydrogens (tertiary/aromatic N) is 4. The van der Waals surface area contributed by atoms with Crippen LogP contribution in [0.5, 0.6) is 11.8 Å². The van der Waals surface area contributed by atoms with E-state index in [1.165, 1.54) is 14.2 Å². The van der Waals surface area contributed by atoms with E-state index in [-0.39, 0.29) is 0 Å². The third-order valence-electron chi connectivity index (χ3n) is 2.75. The minimum atomic E-state index is 0.412. The fourth-order valence-corrected chi connectivity index (χ4v) is 1.65. The van der Waals surface area contributed by atoms with Crippen molar-refractivity contribution in [3.8, 4) is 17.8 Å². The second-order valence-corrected chi connectivity index (χ2v) is 3.97. The van der Waals surface area contributed by atoms with Crippen LogP contribution in [-0.2, 0) is 0 Å². The van der Waals surface area contributed by atoms with Gasteiger partial charge in [-0.25, -0.2) is 0 Å². The normalized spacial score (nSPS) is 9.70. The lowest BCUT2D eigenvalue weighted by Crippen LogP contribution is -2.14. The lowest BCUT2D eigenvalue weighted by molar-refractivity contribution is 0.372. The minimum Gasteiger partial charge on any atom is -0.481 e. The molecule has 6 heteroatoms. The predicted octanol–water partition coefficient (Wildman–Crippen LogP) is 2.13. The van der Waals surface area contributed by atoms with Crippen LogP contribution < -0.4 is 14.4 Å². The van der Waals surface area contributed by atoms with Crippen LogP contribution in [0, 0.1) is 11.3 Å². The van der Waals surface area contributed by atoms with Gasteiger partial charge in [-0.3, -0.25) is 0 Å². The number of methoxy groups -OCH3 is 2. The lowest BCUT2D eigenvalue weighted by atomic mass is 10.2. The molecule has 0 bridgehead atoms. The molecule has 0 aliphatic carbocycles. The number of ether oxygens (including phenoxy) is 2. The van der Waals surface area contributed by atoms with E-state index in [9.17, 15) is 0 Å². The summed E-state index contributed by atoms with van der Waals surface area (Å²) in [6.07, 6.45) is 0. The second-order valence-electron chi connectivity index (χ2n) is 3.97. The van der Waals surface area contributed by atoms with Gasteiger partial charge >= 0.3 is 0 Å². The Morgan fingerprint density at radius 3 is 2.30 bits per heavy atom. The van der Waals surface area contributed by atoms with Crippen molar-refractivity contribution in [1.29, 1.82) is 5.26 Å². The number of hydrogen-bond acceptors (Lipinski definition) is 6. The van der Waals surface area contributed by atoms with E-state index in [0.717, 1.165) is 5.69 Å². The summed E-state index contributed by atoms with van der Waals surface area (Å²) >= 11 is 0. The Balaban J connectivity index is 2.41. The minimum absolute atomic E-state index is 0.412. The Hall–Kier alpha value is -2.81. The maximum absolute atomic E-state index is 8.94. The summed E-state index contributed by atoms with van der Waals surface area (Å²) in [5.74, 6) is 1.25. The highest BCUT2D eigenvalue weighted by atomic mass is 16.5. The van der Waals surface area contributed by atoms with Crippen LogP contribution in [0.1, 0.15) is 5.56 Å². The Morgan fingerprint density at radius 1 is 1.10 bits per heavy atom. The largest absolute Gasteiger partial charge is 0.481 e. The van der Waals surface area contributed by atoms with Crippen LogP contribution in [0.2, 0.25) is 0 Å². The number of hydrogen-bond donors (Lipinski definition) is 0. The third kappa shape index (κ3) is 2.78. The zero-order valence-electron chi connectivity index (χ0n) is 11.5. The van der Waals surface area contributed by atoms with Crippen LogP contribution in [0.15, 0.2) is 30.3 Å². The topological polar surface area (TPSA) is 71.3 Å². The first-order valence-electron chi connectivity index (χ1n) is 5.89. The molecule has 1 heterocycles. The van der Waals surface area contributed by atoms with Gasteiger partial charge in [0.05, 0.1) is 31.9 Å². The molecule has 0 aliphatic rings. The van der Waals surface area contributed by atoms with Crippen molar-refractivity contribution in [2.75, 3.05) is 26.2 Å². The van der Waals surface area contributed by atoms with Crippen molar-refractivity contribution in [3.63, 3.8) is 0 Å². The number of aromatic nitrogens is 2. The number of nitriles is 1. The van der Waals surface area contributed by atoms with Crippen LogP contribution in [0.4, 0.5) is 11.6 Å². The van der Waals surface area contributed by atoms with Crippen LogP contribution in [0.3, 0.4) is 0 Å². The van der Waals surface area contributed by atoms with Gasteiger partial charge in [0.2, 0.25) is 17.7 Å². The van der Waals surface area contributed by atoms with Gasteiger partial charge in [-0.15, -0.1) is 0 Å². The van der Waals surface area contributed by atoms with E-state index in [1.54, 1.807) is 23.1 Å². The fraction of sp³-hybridized carbons (Fsp3) is 0.214. The molecular weight excluding hydrogens is 256 g/mol. The molecule has 0 N–H and O–H groups in total. The van der Waals surface area contributed by atoms with Crippen molar-refractivity contribution >= 4 is 11.6 Å². The van der Waals surface area contributed by atoms with E-state index < -0.39 is 0 Å². The molecule has 0 unspecified atom stereocenters. The zero-order valence-corrected chi connectivity index (χ0v) is 11.5. The highest BCUT2D eigenvalue weighted by Gasteiger charge is 2.11. The van der Waals surface area contributed by atoms with Gasteiger partial charge in [0.15, 0.2) is 0 Å². The molecule has 20 heavy (non-hydrogen) atoms. The lowest BCUT2D eigenvalue weighted by Gasteiger charge is -2.18.